The van der Waals surface area contributed by atoms with E-state index < -0.39 is 11.1 Å². The van der Waals surface area contributed by atoms with Crippen molar-refractivity contribution in [3.8, 4) is 5.75 Å². The van der Waals surface area contributed by atoms with E-state index >= 15 is 0 Å². The van der Waals surface area contributed by atoms with E-state index in [0.29, 0.717) is 5.75 Å². The summed E-state index contributed by atoms with van der Waals surface area (Å²) in [4.78, 5) is 13.3. The van der Waals surface area contributed by atoms with Gasteiger partial charge in [0.2, 0.25) is 0 Å². The average molecular weight is 243 g/mol. The zero-order chi connectivity index (χ0) is 12.3. The Morgan fingerprint density at radius 3 is 2.50 bits per heavy atom. The van der Waals surface area contributed by atoms with E-state index in [1.54, 1.807) is 14.1 Å². The molecule has 6 heteroatoms. The summed E-state index contributed by atoms with van der Waals surface area (Å²) in [5, 5.41) is 0. The van der Waals surface area contributed by atoms with Gasteiger partial charge in [-0.25, -0.2) is 4.21 Å². The van der Waals surface area contributed by atoms with Crippen LogP contribution in [0.3, 0.4) is 0 Å². The summed E-state index contributed by atoms with van der Waals surface area (Å²) in [7, 11) is 4.64. The third-order valence-electron chi connectivity index (χ3n) is 2.01. The average Bonchev–Trinajstić information content (AvgIpc) is 2.26. The molecule has 0 heterocycles. The summed E-state index contributed by atoms with van der Waals surface area (Å²) in [6, 6.07) is 4.30. The monoisotopic (exact) mass is 243 g/mol. The first-order valence-electron chi connectivity index (χ1n) is 4.48. The highest BCUT2D eigenvalue weighted by molar-refractivity contribution is 7.79. The molecule has 0 spiro atoms. The Balaban J connectivity index is 3.27. The summed E-state index contributed by atoms with van der Waals surface area (Å²) in [6.45, 7) is 0. The number of hydrogen-bond donors (Lipinski definition) is 1. The summed E-state index contributed by atoms with van der Waals surface area (Å²) < 4.78 is 24.9. The van der Waals surface area contributed by atoms with E-state index in [2.05, 4.69) is 0 Å². The number of methoxy groups -OCH3 is 1. The predicted molar refractivity (Wildman–Crippen MR) is 60.0 cm³/mol. The third-order valence-corrected chi connectivity index (χ3v) is 2.67. The molecule has 1 aromatic carbocycles. The molecule has 0 fully saturated rings. The molecule has 0 aromatic heterocycles. The Morgan fingerprint density at radius 1 is 1.44 bits per heavy atom. The first-order valence-corrected chi connectivity index (χ1v) is 5.58. The zero-order valence-corrected chi connectivity index (χ0v) is 10.1. The fourth-order valence-corrected chi connectivity index (χ4v) is 1.61. The van der Waals surface area contributed by atoms with Crippen LogP contribution in [0.1, 0.15) is 10.4 Å². The number of carbonyl (C=O) groups is 1. The highest BCUT2D eigenvalue weighted by Gasteiger charge is 2.16. The molecule has 1 atom stereocenters. The lowest BCUT2D eigenvalue weighted by Crippen LogP contribution is -2.22. The third kappa shape index (κ3) is 2.59. The van der Waals surface area contributed by atoms with Crippen molar-refractivity contribution in [3.05, 3.63) is 23.8 Å². The molecule has 0 radical (unpaired) electrons. The van der Waals surface area contributed by atoms with E-state index in [1.807, 2.05) is 0 Å². The van der Waals surface area contributed by atoms with Crippen molar-refractivity contribution in [3.63, 3.8) is 0 Å². The molecule has 0 aliphatic heterocycles. The standard InChI is InChI=1S/C10H13NO4S/c1-11(2)10(12)8-6-7(16(13)14)4-5-9(8)15-3/h4-6H,1-3H3,(H,13,14). The second kappa shape index (κ2) is 5.09. The minimum Gasteiger partial charge on any atom is -0.496 e. The van der Waals surface area contributed by atoms with Gasteiger partial charge in [-0.2, -0.15) is 0 Å². The molecule has 0 saturated carbocycles. The SMILES string of the molecule is COc1ccc(S(=O)O)cc1C(=O)N(C)C. The topological polar surface area (TPSA) is 66.8 Å². The van der Waals surface area contributed by atoms with Crippen molar-refractivity contribution in [1.82, 2.24) is 4.90 Å². The van der Waals surface area contributed by atoms with Gasteiger partial charge < -0.3 is 14.2 Å². The Morgan fingerprint density at radius 2 is 2.06 bits per heavy atom. The molecule has 0 bridgehead atoms. The molecule has 1 N–H and O–H groups in total. The van der Waals surface area contributed by atoms with E-state index in [9.17, 15) is 9.00 Å². The molecule has 0 aliphatic rings. The van der Waals surface area contributed by atoms with Crippen LogP contribution in [0.15, 0.2) is 23.1 Å². The van der Waals surface area contributed by atoms with Crippen LogP contribution >= 0.6 is 0 Å². The minimum atomic E-state index is -2.11. The largest absolute Gasteiger partial charge is 0.496 e. The second-order valence-electron chi connectivity index (χ2n) is 3.31. The van der Waals surface area contributed by atoms with Crippen LogP contribution in [-0.4, -0.2) is 40.8 Å². The van der Waals surface area contributed by atoms with E-state index in [1.165, 1.54) is 30.2 Å². The Hall–Kier alpha value is -1.40. The predicted octanol–water partition coefficient (Wildman–Crippen LogP) is 0.978. The minimum absolute atomic E-state index is 0.172. The van der Waals surface area contributed by atoms with Crippen molar-refractivity contribution in [1.29, 1.82) is 0 Å². The maximum atomic E-state index is 11.8. The summed E-state index contributed by atoms with van der Waals surface area (Å²) in [5.74, 6) is 0.108. The smallest absolute Gasteiger partial charge is 0.257 e. The molecule has 1 rings (SSSR count). The molecule has 88 valence electrons. The number of ether oxygens (including phenoxy) is 1. The van der Waals surface area contributed by atoms with Gasteiger partial charge in [0.15, 0.2) is 11.1 Å². The van der Waals surface area contributed by atoms with Gasteiger partial charge >= 0.3 is 0 Å². The van der Waals surface area contributed by atoms with Gasteiger partial charge in [-0.1, -0.05) is 0 Å². The lowest BCUT2D eigenvalue weighted by Gasteiger charge is -2.13. The number of rotatable bonds is 3. The number of amides is 1. The van der Waals surface area contributed by atoms with Crippen molar-refractivity contribution >= 4 is 17.0 Å². The van der Waals surface area contributed by atoms with E-state index in [0.717, 1.165) is 0 Å². The van der Waals surface area contributed by atoms with Gasteiger partial charge in [0, 0.05) is 14.1 Å². The summed E-state index contributed by atoms with van der Waals surface area (Å²) in [5.41, 5.74) is 0.271. The molecule has 5 nitrogen and oxygen atoms in total. The van der Waals surface area contributed by atoms with Gasteiger partial charge in [0.25, 0.3) is 5.91 Å². The number of nitrogens with zero attached hydrogens (tertiary/aromatic N) is 1. The van der Waals surface area contributed by atoms with Crippen molar-refractivity contribution in [2.24, 2.45) is 0 Å². The molecule has 1 unspecified atom stereocenters. The Kier molecular flexibility index (Phi) is 4.03. The molecule has 16 heavy (non-hydrogen) atoms. The van der Waals surface area contributed by atoms with E-state index in [4.69, 9.17) is 9.29 Å². The van der Waals surface area contributed by atoms with Crippen molar-refractivity contribution in [2.45, 2.75) is 4.90 Å². The Labute approximate surface area is 96.3 Å². The normalized spacial score (nSPS) is 12.0. The van der Waals surface area contributed by atoms with Crippen LogP contribution in [0.4, 0.5) is 0 Å². The number of benzene rings is 1. The molecule has 1 aromatic rings. The van der Waals surface area contributed by atoms with Gasteiger partial charge in [0.05, 0.1) is 17.6 Å². The van der Waals surface area contributed by atoms with Gasteiger partial charge in [0.1, 0.15) is 5.75 Å². The molecular formula is C10H13NO4S. The molecular weight excluding hydrogens is 230 g/mol. The quantitative estimate of drug-likeness (QED) is 0.803. The Bertz CT molecular complexity index is 431. The fraction of sp³-hybridized carbons (Fsp3) is 0.300. The fourth-order valence-electron chi connectivity index (χ4n) is 1.20. The first-order chi connectivity index (χ1) is 7.47. The van der Waals surface area contributed by atoms with Crippen LogP contribution in [0.2, 0.25) is 0 Å². The van der Waals surface area contributed by atoms with Crippen LogP contribution in [0.5, 0.6) is 5.75 Å². The van der Waals surface area contributed by atoms with Crippen LogP contribution in [0, 0.1) is 0 Å². The number of hydrogen-bond acceptors (Lipinski definition) is 3. The lowest BCUT2D eigenvalue weighted by atomic mass is 10.2. The summed E-state index contributed by atoms with van der Waals surface area (Å²) in [6.07, 6.45) is 0. The van der Waals surface area contributed by atoms with Gasteiger partial charge in [-0.05, 0) is 18.2 Å². The van der Waals surface area contributed by atoms with Crippen LogP contribution < -0.4 is 4.74 Å². The maximum absolute atomic E-state index is 11.8. The second-order valence-corrected chi connectivity index (χ2v) is 4.28. The molecule has 0 saturated heterocycles. The molecule has 0 aliphatic carbocycles. The van der Waals surface area contributed by atoms with Gasteiger partial charge in [-0.15, -0.1) is 0 Å². The number of carbonyl (C=O) groups excluding carboxylic acids is 1. The lowest BCUT2D eigenvalue weighted by molar-refractivity contribution is 0.0824. The highest BCUT2D eigenvalue weighted by atomic mass is 32.2. The van der Waals surface area contributed by atoms with E-state index in [-0.39, 0.29) is 16.4 Å². The van der Waals surface area contributed by atoms with Gasteiger partial charge in [-0.3, -0.25) is 4.79 Å². The van der Waals surface area contributed by atoms with Crippen molar-refractivity contribution in [2.75, 3.05) is 21.2 Å². The van der Waals surface area contributed by atoms with Crippen LogP contribution in [0.25, 0.3) is 0 Å². The molecule has 1 amide bonds. The van der Waals surface area contributed by atoms with Crippen molar-refractivity contribution < 1.29 is 18.3 Å². The highest BCUT2D eigenvalue weighted by Crippen LogP contribution is 2.22. The maximum Gasteiger partial charge on any atom is 0.257 e. The first kappa shape index (κ1) is 12.7. The van der Waals surface area contributed by atoms with Crippen LogP contribution in [-0.2, 0) is 11.1 Å². The zero-order valence-electron chi connectivity index (χ0n) is 9.26. The summed E-state index contributed by atoms with van der Waals surface area (Å²) >= 11 is -2.11.